The van der Waals surface area contributed by atoms with Crippen molar-refractivity contribution in [1.82, 2.24) is 0 Å². The van der Waals surface area contributed by atoms with Gasteiger partial charge in [0.05, 0.1) is 30.2 Å². The Hall–Kier alpha value is -3.74. The van der Waals surface area contributed by atoms with Crippen molar-refractivity contribution in [3.63, 3.8) is 0 Å². The highest BCUT2D eigenvalue weighted by molar-refractivity contribution is 6.23. The average molecular weight is 457 g/mol. The van der Waals surface area contributed by atoms with Gasteiger partial charge in [0.15, 0.2) is 12.4 Å². The Morgan fingerprint density at radius 1 is 0.912 bits per heavy atom. The van der Waals surface area contributed by atoms with Crippen molar-refractivity contribution in [3.05, 3.63) is 71.8 Å². The van der Waals surface area contributed by atoms with E-state index >= 15 is 0 Å². The Labute approximate surface area is 196 Å². The van der Waals surface area contributed by atoms with Crippen LogP contribution in [0.25, 0.3) is 0 Å². The summed E-state index contributed by atoms with van der Waals surface area (Å²) in [5.41, 5.74) is 0.951. The third kappa shape index (κ3) is 3.10. The van der Waals surface area contributed by atoms with Crippen molar-refractivity contribution in [2.24, 2.45) is 35.5 Å². The molecule has 0 aromatic heterocycles. The number of imide groups is 1. The van der Waals surface area contributed by atoms with Gasteiger partial charge in [-0.05, 0) is 72.6 Å². The molecule has 7 heteroatoms. The number of ether oxygens (including phenoxy) is 2. The quantitative estimate of drug-likeness (QED) is 0.286. The molecule has 0 unspecified atom stereocenters. The van der Waals surface area contributed by atoms with Gasteiger partial charge in [0, 0.05) is 5.56 Å². The van der Waals surface area contributed by atoms with Crippen molar-refractivity contribution in [2.75, 3.05) is 18.6 Å². The summed E-state index contributed by atoms with van der Waals surface area (Å²) >= 11 is 0. The second-order valence-corrected chi connectivity index (χ2v) is 9.44. The molecule has 172 valence electrons. The fourth-order valence-electron chi connectivity index (χ4n) is 6.06. The van der Waals surface area contributed by atoms with E-state index in [4.69, 9.17) is 9.47 Å². The number of nitrogens with zero attached hydrogens (tertiary/aromatic N) is 1. The van der Waals surface area contributed by atoms with E-state index < -0.39 is 12.6 Å². The molecule has 2 saturated carbocycles. The van der Waals surface area contributed by atoms with Gasteiger partial charge in [-0.3, -0.25) is 14.4 Å². The number of allylic oxidation sites excluding steroid dienone is 2. The van der Waals surface area contributed by atoms with Gasteiger partial charge >= 0.3 is 5.97 Å². The number of hydrogen-bond donors (Lipinski definition) is 0. The molecule has 0 N–H and O–H groups in total. The minimum Gasteiger partial charge on any atom is -0.497 e. The van der Waals surface area contributed by atoms with Crippen LogP contribution in [0.3, 0.4) is 0 Å². The molecule has 6 atom stereocenters. The molecule has 2 aromatic carbocycles. The molecule has 4 aliphatic carbocycles. The normalized spacial score (nSPS) is 30.1. The summed E-state index contributed by atoms with van der Waals surface area (Å²) in [6.07, 6.45) is 5.36. The maximum Gasteiger partial charge on any atom is 0.338 e. The van der Waals surface area contributed by atoms with Crippen molar-refractivity contribution >= 4 is 29.3 Å². The van der Waals surface area contributed by atoms with Crippen LogP contribution in [0.1, 0.15) is 27.1 Å². The van der Waals surface area contributed by atoms with E-state index in [2.05, 4.69) is 12.2 Å². The van der Waals surface area contributed by atoms with Crippen LogP contribution in [0.15, 0.2) is 60.7 Å². The standard InChI is InChI=1S/C27H23NO6/c1-33-17-7-5-14(6-8-17)22(29)13-34-27(32)15-3-2-4-16(11-15)28-25(30)23-18-9-10-19(21-12-20(18)21)24(23)26(28)31/h2-11,18-21,23-24H,12-13H2,1H3/t18-,19-,20-,21-,23-,24-/m1/s1. The second kappa shape index (κ2) is 7.65. The van der Waals surface area contributed by atoms with Gasteiger partial charge in [0.1, 0.15) is 5.75 Å². The first-order valence-corrected chi connectivity index (χ1v) is 11.5. The van der Waals surface area contributed by atoms with E-state index in [1.165, 1.54) is 18.1 Å². The van der Waals surface area contributed by atoms with E-state index in [9.17, 15) is 19.2 Å². The van der Waals surface area contributed by atoms with E-state index in [0.29, 0.717) is 28.8 Å². The first kappa shape index (κ1) is 20.8. The summed E-state index contributed by atoms with van der Waals surface area (Å²) in [4.78, 5) is 52.8. The number of carbonyl (C=O) groups excluding carboxylic acids is 4. The van der Waals surface area contributed by atoms with Crippen LogP contribution < -0.4 is 9.64 Å². The predicted molar refractivity (Wildman–Crippen MR) is 121 cm³/mol. The minimum atomic E-state index is -0.691. The highest BCUT2D eigenvalue weighted by Crippen LogP contribution is 2.65. The summed E-state index contributed by atoms with van der Waals surface area (Å²) in [6.45, 7) is -0.418. The van der Waals surface area contributed by atoms with Crippen molar-refractivity contribution in [1.29, 1.82) is 0 Å². The minimum absolute atomic E-state index is 0.138. The lowest BCUT2D eigenvalue weighted by atomic mass is 9.63. The summed E-state index contributed by atoms with van der Waals surface area (Å²) in [5.74, 6) is -0.0530. The molecule has 5 aliphatic rings. The highest BCUT2D eigenvalue weighted by atomic mass is 16.5. The second-order valence-electron chi connectivity index (χ2n) is 9.44. The molecule has 0 spiro atoms. The maximum atomic E-state index is 13.3. The van der Waals surface area contributed by atoms with Gasteiger partial charge < -0.3 is 9.47 Å². The molecule has 34 heavy (non-hydrogen) atoms. The van der Waals surface area contributed by atoms with E-state index in [1.54, 1.807) is 42.5 Å². The van der Waals surface area contributed by atoms with Crippen molar-refractivity contribution < 1.29 is 28.7 Å². The van der Waals surface area contributed by atoms with Crippen LogP contribution in [-0.4, -0.2) is 37.3 Å². The number of carbonyl (C=O) groups is 4. The smallest absolute Gasteiger partial charge is 0.338 e. The summed E-state index contributed by atoms with van der Waals surface area (Å²) in [6, 6.07) is 12.8. The highest BCUT2D eigenvalue weighted by Gasteiger charge is 2.67. The van der Waals surface area contributed by atoms with Crippen molar-refractivity contribution in [3.8, 4) is 5.75 Å². The number of amides is 2. The molecule has 2 aromatic rings. The molecular formula is C27H23NO6. The van der Waals surface area contributed by atoms with Crippen LogP contribution in [0.5, 0.6) is 5.75 Å². The van der Waals surface area contributed by atoms with Gasteiger partial charge in [-0.25, -0.2) is 9.69 Å². The number of rotatable bonds is 6. The number of Topliss-reactive ketones (excluding diaryl/α,β-unsaturated/α-hetero) is 1. The van der Waals surface area contributed by atoms with Gasteiger partial charge in [-0.15, -0.1) is 0 Å². The number of methoxy groups -OCH3 is 1. The van der Waals surface area contributed by atoms with Gasteiger partial charge in [-0.2, -0.15) is 0 Å². The van der Waals surface area contributed by atoms with Crippen LogP contribution in [-0.2, 0) is 14.3 Å². The molecule has 7 nitrogen and oxygen atoms in total. The van der Waals surface area contributed by atoms with Crippen molar-refractivity contribution in [2.45, 2.75) is 6.42 Å². The molecule has 1 heterocycles. The van der Waals surface area contributed by atoms with E-state index in [1.807, 2.05) is 0 Å². The van der Waals surface area contributed by atoms with Gasteiger partial charge in [0.25, 0.3) is 0 Å². The van der Waals surface area contributed by atoms with Crippen LogP contribution >= 0.6 is 0 Å². The zero-order chi connectivity index (χ0) is 23.6. The number of hydrogen-bond acceptors (Lipinski definition) is 6. The first-order chi connectivity index (χ1) is 16.5. The third-order valence-electron chi connectivity index (χ3n) is 7.75. The van der Waals surface area contributed by atoms with Gasteiger partial charge in [-0.1, -0.05) is 18.2 Å². The zero-order valence-electron chi connectivity index (χ0n) is 18.5. The van der Waals surface area contributed by atoms with E-state index in [-0.39, 0.29) is 46.8 Å². The largest absolute Gasteiger partial charge is 0.497 e. The SMILES string of the molecule is COc1ccc(C(=O)COC(=O)c2cccc(N3C(=O)[C@@H]4[C@@H]5C=C[C@H]([C@H]6C[C@H]56)[C@H]4C3=O)c2)cc1. The van der Waals surface area contributed by atoms with E-state index in [0.717, 1.165) is 6.42 Å². The third-order valence-corrected chi connectivity index (χ3v) is 7.75. The summed E-state index contributed by atoms with van der Waals surface area (Å²) in [7, 11) is 1.54. The molecule has 1 aliphatic heterocycles. The molecule has 1 saturated heterocycles. The fourth-order valence-corrected chi connectivity index (χ4v) is 6.06. The molecular weight excluding hydrogens is 434 g/mol. The lowest BCUT2D eigenvalue weighted by molar-refractivity contribution is -0.124. The maximum absolute atomic E-state index is 13.3. The Morgan fingerprint density at radius 2 is 1.56 bits per heavy atom. The average Bonchev–Trinajstić information content (AvgIpc) is 3.65. The number of benzene rings is 2. The summed E-state index contributed by atoms with van der Waals surface area (Å²) in [5, 5.41) is 0. The topological polar surface area (TPSA) is 90.0 Å². The first-order valence-electron chi connectivity index (χ1n) is 11.5. The Kier molecular flexibility index (Phi) is 4.69. The molecule has 3 fully saturated rings. The molecule has 2 bridgehead atoms. The van der Waals surface area contributed by atoms with Crippen LogP contribution in [0.2, 0.25) is 0 Å². The molecule has 2 amide bonds. The predicted octanol–water partition coefficient (Wildman–Crippen LogP) is 3.29. The Bertz CT molecular complexity index is 1210. The van der Waals surface area contributed by atoms with Gasteiger partial charge in [0.2, 0.25) is 11.8 Å². The monoisotopic (exact) mass is 457 g/mol. The molecule has 7 rings (SSSR count). The number of anilines is 1. The lowest BCUT2D eigenvalue weighted by Crippen LogP contribution is -2.40. The summed E-state index contributed by atoms with van der Waals surface area (Å²) < 4.78 is 10.3. The Balaban J connectivity index is 1.17. The fraction of sp³-hybridized carbons (Fsp3) is 0.333. The Morgan fingerprint density at radius 3 is 2.18 bits per heavy atom. The lowest BCUT2D eigenvalue weighted by Gasteiger charge is -2.37. The zero-order valence-corrected chi connectivity index (χ0v) is 18.5. The van der Waals surface area contributed by atoms with Crippen LogP contribution in [0, 0.1) is 35.5 Å². The number of esters is 1. The number of ketones is 1. The molecule has 0 radical (unpaired) electrons. The van der Waals surface area contributed by atoms with Crippen LogP contribution in [0.4, 0.5) is 5.69 Å².